The molecule has 0 aliphatic heterocycles. The van der Waals surface area contributed by atoms with Crippen LogP contribution in [0.25, 0.3) is 0 Å². The molecule has 0 aliphatic carbocycles. The highest BCUT2D eigenvalue weighted by Gasteiger charge is 2.21. The fourth-order valence-corrected chi connectivity index (χ4v) is 1.91. The molecule has 0 saturated heterocycles. The number of carbonyl (C=O) groups excluding carboxylic acids is 1. The van der Waals surface area contributed by atoms with Gasteiger partial charge >= 0.3 is 5.97 Å². The molecular formula is C16H23NO3. The van der Waals surface area contributed by atoms with Crippen LogP contribution in [-0.4, -0.2) is 35.0 Å². The number of nitrogens with zero attached hydrogens (tertiary/aromatic N) is 1. The number of carboxylic acid groups (broad SMARTS) is 1. The molecule has 0 saturated carbocycles. The second kappa shape index (κ2) is 7.68. The highest BCUT2D eigenvalue weighted by Crippen LogP contribution is 2.11. The van der Waals surface area contributed by atoms with E-state index in [9.17, 15) is 9.59 Å². The predicted octanol–water partition coefficient (Wildman–Crippen LogP) is 2.96. The maximum Gasteiger partial charge on any atom is 0.308 e. The van der Waals surface area contributed by atoms with E-state index >= 15 is 0 Å². The molecule has 1 aromatic rings. The normalized spacial score (nSPS) is 11.9. The maximum absolute atomic E-state index is 12.5. The van der Waals surface area contributed by atoms with Gasteiger partial charge in [-0.05, 0) is 25.5 Å². The molecule has 0 heterocycles. The fourth-order valence-electron chi connectivity index (χ4n) is 1.91. The van der Waals surface area contributed by atoms with Crippen molar-refractivity contribution in [2.24, 2.45) is 5.92 Å². The summed E-state index contributed by atoms with van der Waals surface area (Å²) in [6, 6.07) is 7.38. The summed E-state index contributed by atoms with van der Waals surface area (Å²) in [6.45, 7) is 6.50. The lowest BCUT2D eigenvalue weighted by Crippen LogP contribution is -2.37. The first kappa shape index (κ1) is 16.2. The molecule has 110 valence electrons. The Hall–Kier alpha value is -1.84. The van der Waals surface area contributed by atoms with Crippen LogP contribution in [0.5, 0.6) is 0 Å². The number of hydrogen-bond donors (Lipinski definition) is 1. The Morgan fingerprint density at radius 1 is 1.25 bits per heavy atom. The van der Waals surface area contributed by atoms with Crippen molar-refractivity contribution in [3.05, 3.63) is 35.4 Å². The lowest BCUT2D eigenvalue weighted by Gasteiger charge is -2.24. The van der Waals surface area contributed by atoms with Gasteiger partial charge in [-0.1, -0.05) is 38.0 Å². The van der Waals surface area contributed by atoms with Crippen molar-refractivity contribution >= 4 is 11.9 Å². The third kappa shape index (κ3) is 4.68. The monoisotopic (exact) mass is 277 g/mol. The number of unbranched alkanes of at least 4 members (excludes halogenated alkanes) is 1. The fraction of sp³-hybridized carbons (Fsp3) is 0.500. The Morgan fingerprint density at radius 3 is 2.35 bits per heavy atom. The Morgan fingerprint density at radius 2 is 1.85 bits per heavy atom. The van der Waals surface area contributed by atoms with Crippen molar-refractivity contribution in [1.29, 1.82) is 0 Å². The summed E-state index contributed by atoms with van der Waals surface area (Å²) in [5, 5.41) is 9.01. The van der Waals surface area contributed by atoms with Gasteiger partial charge in [0.2, 0.25) is 0 Å². The van der Waals surface area contributed by atoms with E-state index in [0.717, 1.165) is 18.4 Å². The molecular weight excluding hydrogens is 254 g/mol. The third-order valence-corrected chi connectivity index (χ3v) is 3.28. The van der Waals surface area contributed by atoms with Gasteiger partial charge in [-0.15, -0.1) is 0 Å². The first-order valence-electron chi connectivity index (χ1n) is 7.04. The van der Waals surface area contributed by atoms with Crippen LogP contribution in [0.4, 0.5) is 0 Å². The molecule has 1 unspecified atom stereocenters. The summed E-state index contributed by atoms with van der Waals surface area (Å²) in [7, 11) is 0. The molecule has 0 fully saturated rings. The van der Waals surface area contributed by atoms with Crippen LogP contribution >= 0.6 is 0 Å². The SMILES string of the molecule is CCCCN(CC(C)C(=O)O)C(=O)c1ccc(C)cc1. The number of benzene rings is 1. The van der Waals surface area contributed by atoms with Crippen molar-refractivity contribution < 1.29 is 14.7 Å². The minimum Gasteiger partial charge on any atom is -0.481 e. The first-order chi connectivity index (χ1) is 9.45. The van der Waals surface area contributed by atoms with Gasteiger partial charge in [0.25, 0.3) is 5.91 Å². The van der Waals surface area contributed by atoms with Gasteiger partial charge in [0.1, 0.15) is 0 Å². The van der Waals surface area contributed by atoms with E-state index in [4.69, 9.17) is 5.11 Å². The molecule has 1 aromatic carbocycles. The van der Waals surface area contributed by atoms with Crippen LogP contribution < -0.4 is 0 Å². The second-order valence-electron chi connectivity index (χ2n) is 5.21. The lowest BCUT2D eigenvalue weighted by atomic mass is 10.1. The summed E-state index contributed by atoms with van der Waals surface area (Å²) in [5.41, 5.74) is 1.71. The second-order valence-corrected chi connectivity index (χ2v) is 5.21. The number of carbonyl (C=O) groups is 2. The molecule has 1 atom stereocenters. The third-order valence-electron chi connectivity index (χ3n) is 3.28. The summed E-state index contributed by atoms with van der Waals surface area (Å²) >= 11 is 0. The zero-order chi connectivity index (χ0) is 15.1. The number of hydrogen-bond acceptors (Lipinski definition) is 2. The molecule has 1 amide bonds. The van der Waals surface area contributed by atoms with Crippen molar-refractivity contribution in [3.63, 3.8) is 0 Å². The summed E-state index contributed by atoms with van der Waals surface area (Å²) in [4.78, 5) is 25.1. The van der Waals surface area contributed by atoms with E-state index in [2.05, 4.69) is 6.92 Å². The molecule has 0 aromatic heterocycles. The van der Waals surface area contributed by atoms with E-state index in [0.29, 0.717) is 12.1 Å². The van der Waals surface area contributed by atoms with Crippen molar-refractivity contribution in [1.82, 2.24) is 4.90 Å². The molecule has 1 N–H and O–H groups in total. The Kier molecular flexibility index (Phi) is 6.22. The van der Waals surface area contributed by atoms with Crippen LogP contribution in [-0.2, 0) is 4.79 Å². The molecule has 1 rings (SSSR count). The minimum absolute atomic E-state index is 0.0912. The summed E-state index contributed by atoms with van der Waals surface area (Å²) in [6.07, 6.45) is 1.85. The average Bonchev–Trinajstić information content (AvgIpc) is 2.43. The Bertz CT molecular complexity index is 453. The molecule has 0 aliphatic rings. The largest absolute Gasteiger partial charge is 0.481 e. The van der Waals surface area contributed by atoms with E-state index in [1.54, 1.807) is 24.0 Å². The maximum atomic E-state index is 12.5. The lowest BCUT2D eigenvalue weighted by molar-refractivity contribution is -0.141. The van der Waals surface area contributed by atoms with Crippen molar-refractivity contribution in [2.75, 3.05) is 13.1 Å². The molecule has 20 heavy (non-hydrogen) atoms. The minimum atomic E-state index is -0.872. The highest BCUT2D eigenvalue weighted by molar-refractivity contribution is 5.94. The number of carboxylic acids is 1. The van der Waals surface area contributed by atoms with Crippen molar-refractivity contribution in [2.45, 2.75) is 33.6 Å². The molecule has 4 heteroatoms. The van der Waals surface area contributed by atoms with Crippen LogP contribution in [0.1, 0.15) is 42.6 Å². The summed E-state index contributed by atoms with van der Waals surface area (Å²) < 4.78 is 0. The topological polar surface area (TPSA) is 57.6 Å². The summed E-state index contributed by atoms with van der Waals surface area (Å²) in [5.74, 6) is -1.52. The van der Waals surface area contributed by atoms with Crippen LogP contribution in [0, 0.1) is 12.8 Å². The quantitative estimate of drug-likeness (QED) is 0.833. The Labute approximate surface area is 120 Å². The molecule has 0 bridgehead atoms. The van der Waals surface area contributed by atoms with Gasteiger partial charge < -0.3 is 10.0 Å². The van der Waals surface area contributed by atoms with Crippen LogP contribution in [0.3, 0.4) is 0 Å². The number of aryl methyl sites for hydroxylation is 1. The highest BCUT2D eigenvalue weighted by atomic mass is 16.4. The molecule has 0 radical (unpaired) electrons. The first-order valence-corrected chi connectivity index (χ1v) is 7.04. The van der Waals surface area contributed by atoms with Crippen LogP contribution in [0.2, 0.25) is 0 Å². The standard InChI is InChI=1S/C16H23NO3/c1-4-5-10-17(11-13(3)16(19)20)15(18)14-8-6-12(2)7-9-14/h6-9,13H,4-5,10-11H2,1-3H3,(H,19,20). The van der Waals surface area contributed by atoms with E-state index in [-0.39, 0.29) is 12.5 Å². The number of aliphatic carboxylic acids is 1. The zero-order valence-corrected chi connectivity index (χ0v) is 12.4. The van der Waals surface area contributed by atoms with E-state index in [1.807, 2.05) is 19.1 Å². The van der Waals surface area contributed by atoms with Gasteiger partial charge in [-0.25, -0.2) is 0 Å². The predicted molar refractivity (Wildman–Crippen MR) is 78.8 cm³/mol. The van der Waals surface area contributed by atoms with E-state index < -0.39 is 11.9 Å². The molecule has 0 spiro atoms. The number of rotatable bonds is 7. The molecule has 4 nitrogen and oxygen atoms in total. The average molecular weight is 277 g/mol. The van der Waals surface area contributed by atoms with Gasteiger partial charge in [-0.2, -0.15) is 0 Å². The van der Waals surface area contributed by atoms with Gasteiger partial charge in [0.15, 0.2) is 0 Å². The van der Waals surface area contributed by atoms with Crippen molar-refractivity contribution in [3.8, 4) is 0 Å². The Balaban J connectivity index is 2.83. The van der Waals surface area contributed by atoms with Gasteiger partial charge in [-0.3, -0.25) is 9.59 Å². The zero-order valence-electron chi connectivity index (χ0n) is 12.4. The van der Waals surface area contributed by atoms with E-state index in [1.165, 1.54) is 0 Å². The number of amides is 1. The smallest absolute Gasteiger partial charge is 0.308 e. The van der Waals surface area contributed by atoms with Gasteiger partial charge in [0, 0.05) is 18.7 Å². The van der Waals surface area contributed by atoms with Crippen LogP contribution in [0.15, 0.2) is 24.3 Å². The van der Waals surface area contributed by atoms with Gasteiger partial charge in [0.05, 0.1) is 5.92 Å².